The van der Waals surface area contributed by atoms with E-state index in [0.717, 1.165) is 11.3 Å². The van der Waals surface area contributed by atoms with Crippen LogP contribution in [0.1, 0.15) is 18.6 Å². The van der Waals surface area contributed by atoms with E-state index in [1.165, 1.54) is 0 Å². The minimum atomic E-state index is 0.0498. The molecule has 0 aliphatic heterocycles. The predicted molar refractivity (Wildman–Crippen MR) is 54.1 cm³/mol. The molecule has 0 saturated carbocycles. The second-order valence-corrected chi connectivity index (χ2v) is 3.10. The average Bonchev–Trinajstić information content (AvgIpc) is 2.72. The maximum Gasteiger partial charge on any atom is 0.157 e. The standard InChI is InChI=1S/C11H12N2O/c1-9(10-5-3-2-4-6-10)14-11-7-12-13-8-11/h2-9H,1H3,(H,12,13). The first kappa shape index (κ1) is 8.81. The lowest BCUT2D eigenvalue weighted by atomic mass is 10.1. The number of aromatic amines is 1. The minimum Gasteiger partial charge on any atom is -0.483 e. The highest BCUT2D eigenvalue weighted by Crippen LogP contribution is 2.19. The van der Waals surface area contributed by atoms with Crippen molar-refractivity contribution in [3.05, 3.63) is 48.3 Å². The Hall–Kier alpha value is -1.77. The van der Waals surface area contributed by atoms with Crippen LogP contribution in [0.15, 0.2) is 42.7 Å². The Morgan fingerprint density at radius 3 is 2.71 bits per heavy atom. The smallest absolute Gasteiger partial charge is 0.157 e. The van der Waals surface area contributed by atoms with Crippen LogP contribution in [0.2, 0.25) is 0 Å². The van der Waals surface area contributed by atoms with Crippen molar-refractivity contribution in [1.82, 2.24) is 10.2 Å². The molecule has 0 aliphatic carbocycles. The number of rotatable bonds is 3. The molecule has 0 bridgehead atoms. The van der Waals surface area contributed by atoms with E-state index in [2.05, 4.69) is 10.2 Å². The number of benzene rings is 1. The van der Waals surface area contributed by atoms with E-state index in [0.29, 0.717) is 0 Å². The summed E-state index contributed by atoms with van der Waals surface area (Å²) in [6.07, 6.45) is 3.45. The van der Waals surface area contributed by atoms with Crippen LogP contribution in [0, 0.1) is 0 Å². The van der Waals surface area contributed by atoms with Crippen LogP contribution in [-0.4, -0.2) is 10.2 Å². The maximum absolute atomic E-state index is 5.65. The first-order valence-electron chi connectivity index (χ1n) is 4.56. The van der Waals surface area contributed by atoms with E-state index in [1.54, 1.807) is 12.4 Å². The van der Waals surface area contributed by atoms with Gasteiger partial charge in [-0.15, -0.1) is 0 Å². The molecule has 3 nitrogen and oxygen atoms in total. The number of ether oxygens (including phenoxy) is 1. The van der Waals surface area contributed by atoms with Crippen LogP contribution in [0.4, 0.5) is 0 Å². The second-order valence-electron chi connectivity index (χ2n) is 3.10. The number of H-pyrrole nitrogens is 1. The van der Waals surface area contributed by atoms with Crippen LogP contribution in [0.25, 0.3) is 0 Å². The lowest BCUT2D eigenvalue weighted by molar-refractivity contribution is 0.227. The molecule has 1 N–H and O–H groups in total. The zero-order chi connectivity index (χ0) is 9.80. The van der Waals surface area contributed by atoms with Gasteiger partial charge in [-0.3, -0.25) is 5.10 Å². The van der Waals surface area contributed by atoms with Gasteiger partial charge in [0, 0.05) is 0 Å². The van der Waals surface area contributed by atoms with E-state index in [4.69, 9.17) is 4.74 Å². The second kappa shape index (κ2) is 3.96. The van der Waals surface area contributed by atoms with Crippen LogP contribution in [0.5, 0.6) is 5.75 Å². The van der Waals surface area contributed by atoms with Gasteiger partial charge in [-0.2, -0.15) is 5.10 Å². The molecular formula is C11H12N2O. The number of nitrogens with one attached hydrogen (secondary N) is 1. The maximum atomic E-state index is 5.65. The molecule has 1 atom stereocenters. The summed E-state index contributed by atoms with van der Waals surface area (Å²) in [7, 11) is 0. The van der Waals surface area contributed by atoms with Gasteiger partial charge < -0.3 is 4.74 Å². The van der Waals surface area contributed by atoms with Gasteiger partial charge in [-0.25, -0.2) is 0 Å². The van der Waals surface area contributed by atoms with Crippen molar-refractivity contribution >= 4 is 0 Å². The van der Waals surface area contributed by atoms with Crippen LogP contribution < -0.4 is 4.74 Å². The van der Waals surface area contributed by atoms with Crippen LogP contribution >= 0.6 is 0 Å². The zero-order valence-corrected chi connectivity index (χ0v) is 7.97. The van der Waals surface area contributed by atoms with Gasteiger partial charge in [0.15, 0.2) is 5.75 Å². The third-order valence-corrected chi connectivity index (χ3v) is 2.05. The van der Waals surface area contributed by atoms with Crippen molar-refractivity contribution in [1.29, 1.82) is 0 Å². The molecule has 1 aromatic heterocycles. The minimum absolute atomic E-state index is 0.0498. The molecular weight excluding hydrogens is 176 g/mol. The molecule has 1 aromatic carbocycles. The Morgan fingerprint density at radius 1 is 1.29 bits per heavy atom. The molecule has 0 spiro atoms. The Labute approximate surface area is 82.7 Å². The summed E-state index contributed by atoms with van der Waals surface area (Å²) in [4.78, 5) is 0. The SMILES string of the molecule is CC(Oc1cn[nH]c1)c1ccccc1. The van der Waals surface area contributed by atoms with Gasteiger partial charge in [0.2, 0.25) is 0 Å². The quantitative estimate of drug-likeness (QED) is 0.803. The van der Waals surface area contributed by atoms with Gasteiger partial charge in [-0.05, 0) is 12.5 Å². The summed E-state index contributed by atoms with van der Waals surface area (Å²) in [5.41, 5.74) is 1.16. The number of hydrogen-bond acceptors (Lipinski definition) is 2. The molecule has 2 rings (SSSR count). The monoisotopic (exact) mass is 188 g/mol. The van der Waals surface area contributed by atoms with Gasteiger partial charge in [0.05, 0.1) is 12.4 Å². The summed E-state index contributed by atoms with van der Waals surface area (Å²) in [5.74, 6) is 0.765. The Balaban J connectivity index is 2.07. The topological polar surface area (TPSA) is 37.9 Å². The fourth-order valence-electron chi connectivity index (χ4n) is 1.30. The van der Waals surface area contributed by atoms with E-state index in [-0.39, 0.29) is 6.10 Å². The highest BCUT2D eigenvalue weighted by Gasteiger charge is 2.06. The van der Waals surface area contributed by atoms with E-state index >= 15 is 0 Å². The largest absolute Gasteiger partial charge is 0.483 e. The van der Waals surface area contributed by atoms with Gasteiger partial charge in [0.1, 0.15) is 6.10 Å². The van der Waals surface area contributed by atoms with Crippen LogP contribution in [0.3, 0.4) is 0 Å². The summed E-state index contributed by atoms with van der Waals surface area (Å²) < 4.78 is 5.65. The molecule has 2 aromatic rings. The lowest BCUT2D eigenvalue weighted by Gasteiger charge is -2.12. The van der Waals surface area contributed by atoms with Gasteiger partial charge >= 0.3 is 0 Å². The molecule has 0 radical (unpaired) electrons. The predicted octanol–water partition coefficient (Wildman–Crippen LogP) is 2.55. The van der Waals surface area contributed by atoms with Crippen LogP contribution in [-0.2, 0) is 0 Å². The van der Waals surface area contributed by atoms with Crippen molar-refractivity contribution in [2.75, 3.05) is 0 Å². The van der Waals surface area contributed by atoms with E-state index in [9.17, 15) is 0 Å². The van der Waals surface area contributed by atoms with Crippen molar-refractivity contribution in [3.8, 4) is 5.75 Å². The van der Waals surface area contributed by atoms with Crippen molar-refractivity contribution in [3.63, 3.8) is 0 Å². The summed E-state index contributed by atoms with van der Waals surface area (Å²) >= 11 is 0. The Morgan fingerprint density at radius 2 is 2.07 bits per heavy atom. The van der Waals surface area contributed by atoms with E-state index in [1.807, 2.05) is 37.3 Å². The molecule has 0 saturated heterocycles. The molecule has 1 unspecified atom stereocenters. The highest BCUT2D eigenvalue weighted by molar-refractivity contribution is 5.19. The number of aromatic nitrogens is 2. The van der Waals surface area contributed by atoms with E-state index < -0.39 is 0 Å². The lowest BCUT2D eigenvalue weighted by Crippen LogP contribution is -2.01. The fourth-order valence-corrected chi connectivity index (χ4v) is 1.30. The molecule has 3 heteroatoms. The molecule has 0 fully saturated rings. The first-order chi connectivity index (χ1) is 6.86. The van der Waals surface area contributed by atoms with Crippen molar-refractivity contribution in [2.45, 2.75) is 13.0 Å². The number of hydrogen-bond donors (Lipinski definition) is 1. The highest BCUT2D eigenvalue weighted by atomic mass is 16.5. The van der Waals surface area contributed by atoms with Crippen molar-refractivity contribution in [2.24, 2.45) is 0 Å². The van der Waals surface area contributed by atoms with Gasteiger partial charge in [0.25, 0.3) is 0 Å². The fraction of sp³-hybridized carbons (Fsp3) is 0.182. The molecule has 0 aliphatic rings. The molecule has 1 heterocycles. The Kier molecular flexibility index (Phi) is 2.49. The molecule has 14 heavy (non-hydrogen) atoms. The summed E-state index contributed by atoms with van der Waals surface area (Å²) in [6.45, 7) is 2.02. The Bertz CT molecular complexity index is 369. The third-order valence-electron chi connectivity index (χ3n) is 2.05. The average molecular weight is 188 g/mol. The molecule has 72 valence electrons. The third kappa shape index (κ3) is 1.93. The van der Waals surface area contributed by atoms with Gasteiger partial charge in [-0.1, -0.05) is 30.3 Å². The first-order valence-corrected chi connectivity index (χ1v) is 4.56. The normalized spacial score (nSPS) is 12.4. The molecule has 0 amide bonds. The van der Waals surface area contributed by atoms with Crippen molar-refractivity contribution < 1.29 is 4.74 Å². The number of nitrogens with zero attached hydrogens (tertiary/aromatic N) is 1. The zero-order valence-electron chi connectivity index (χ0n) is 7.97. The summed E-state index contributed by atoms with van der Waals surface area (Å²) in [5, 5.41) is 6.53. The summed E-state index contributed by atoms with van der Waals surface area (Å²) in [6, 6.07) is 10.1.